The van der Waals surface area contributed by atoms with Crippen molar-refractivity contribution < 1.29 is 9.53 Å². The van der Waals surface area contributed by atoms with Crippen LogP contribution in [0.2, 0.25) is 0 Å². The van der Waals surface area contributed by atoms with E-state index in [2.05, 4.69) is 15.5 Å². The van der Waals surface area contributed by atoms with Gasteiger partial charge < -0.3 is 15.8 Å². The van der Waals surface area contributed by atoms with Gasteiger partial charge in [0.25, 0.3) is 0 Å². The Morgan fingerprint density at radius 1 is 1.46 bits per heavy atom. The first-order chi connectivity index (χ1) is 11.4. The molecule has 4 N–H and O–H groups in total. The highest BCUT2D eigenvalue weighted by Gasteiger charge is 2.62. The molecule has 0 aliphatic heterocycles. The summed E-state index contributed by atoms with van der Waals surface area (Å²) in [6.45, 7) is 6.54. The summed E-state index contributed by atoms with van der Waals surface area (Å²) in [7, 11) is 0. The maximum atomic E-state index is 12.8. The lowest BCUT2D eigenvalue weighted by Crippen LogP contribution is -2.74. The van der Waals surface area contributed by atoms with Crippen LogP contribution < -0.4 is 11.1 Å². The highest BCUT2D eigenvalue weighted by atomic mass is 16.5. The predicted molar refractivity (Wildman–Crippen MR) is 93.4 cm³/mol. The molecular weight excluding hydrogens is 304 g/mol. The molecule has 0 radical (unpaired) electrons. The molecule has 1 aliphatic rings. The molecule has 1 amide bonds. The molecule has 128 valence electrons. The molecule has 2 unspecified atom stereocenters. The third-order valence-electron chi connectivity index (χ3n) is 5.17. The number of hydrogen-bond donors (Lipinski definition) is 3. The highest BCUT2D eigenvalue weighted by Crippen LogP contribution is 2.50. The number of nitrogens with zero attached hydrogens (tertiary/aromatic N) is 1. The maximum absolute atomic E-state index is 12.8. The Kier molecular flexibility index (Phi) is 4.19. The third kappa shape index (κ3) is 2.61. The second kappa shape index (κ2) is 6.03. The van der Waals surface area contributed by atoms with Crippen LogP contribution in [0, 0.1) is 5.41 Å². The third-order valence-corrected chi connectivity index (χ3v) is 5.17. The first kappa shape index (κ1) is 16.7. The van der Waals surface area contributed by atoms with Crippen LogP contribution in [-0.4, -0.2) is 34.4 Å². The Morgan fingerprint density at radius 3 is 2.88 bits per heavy atom. The summed E-state index contributed by atoms with van der Waals surface area (Å²) in [5, 5.41) is 9.82. The number of H-pyrrole nitrogens is 1. The Morgan fingerprint density at radius 2 is 2.25 bits per heavy atom. The molecule has 0 saturated heterocycles. The second-order valence-corrected chi connectivity index (χ2v) is 6.85. The van der Waals surface area contributed by atoms with E-state index >= 15 is 0 Å². The first-order valence-electron chi connectivity index (χ1n) is 8.20. The standard InChI is InChI=1S/C18H24N4O2/c1-4-24-15-11-18(19,17(15,2)3)16(23)21-13-7-5-6-12(10-13)14-8-9-20-22-14/h5-10,15H,4,11,19H2,1-3H3,(H,20,22)(H,21,23). The van der Waals surface area contributed by atoms with Gasteiger partial charge >= 0.3 is 0 Å². The largest absolute Gasteiger partial charge is 0.378 e. The molecule has 0 bridgehead atoms. The van der Waals surface area contributed by atoms with Crippen molar-refractivity contribution in [2.24, 2.45) is 11.1 Å². The van der Waals surface area contributed by atoms with Gasteiger partial charge in [0.15, 0.2) is 0 Å². The molecule has 24 heavy (non-hydrogen) atoms. The van der Waals surface area contributed by atoms with Crippen molar-refractivity contribution >= 4 is 11.6 Å². The summed E-state index contributed by atoms with van der Waals surface area (Å²) in [5.74, 6) is -0.176. The van der Waals surface area contributed by atoms with Gasteiger partial charge in [-0.2, -0.15) is 5.10 Å². The maximum Gasteiger partial charge on any atom is 0.245 e. The quantitative estimate of drug-likeness (QED) is 0.786. The molecule has 0 spiro atoms. The van der Waals surface area contributed by atoms with Crippen molar-refractivity contribution in [2.45, 2.75) is 38.8 Å². The summed E-state index contributed by atoms with van der Waals surface area (Å²) in [5.41, 5.74) is 7.64. The van der Waals surface area contributed by atoms with E-state index in [1.165, 1.54) is 0 Å². The van der Waals surface area contributed by atoms with Crippen LogP contribution in [-0.2, 0) is 9.53 Å². The number of aromatic amines is 1. The zero-order valence-electron chi connectivity index (χ0n) is 14.3. The average Bonchev–Trinajstić information content (AvgIpc) is 3.09. The highest BCUT2D eigenvalue weighted by molar-refractivity contribution is 6.00. The number of hydrogen-bond acceptors (Lipinski definition) is 4. The van der Waals surface area contributed by atoms with Crippen molar-refractivity contribution in [1.29, 1.82) is 0 Å². The van der Waals surface area contributed by atoms with Crippen molar-refractivity contribution in [3.63, 3.8) is 0 Å². The fourth-order valence-corrected chi connectivity index (χ4v) is 3.24. The molecule has 1 aromatic carbocycles. The summed E-state index contributed by atoms with van der Waals surface area (Å²) < 4.78 is 5.69. The van der Waals surface area contributed by atoms with Crippen LogP contribution in [0.4, 0.5) is 5.69 Å². The van der Waals surface area contributed by atoms with Crippen LogP contribution in [0.25, 0.3) is 11.3 Å². The Labute approximate surface area is 141 Å². The predicted octanol–water partition coefficient (Wildman–Crippen LogP) is 2.55. The van der Waals surface area contributed by atoms with Crippen molar-refractivity contribution in [2.75, 3.05) is 11.9 Å². The smallest absolute Gasteiger partial charge is 0.245 e. The second-order valence-electron chi connectivity index (χ2n) is 6.85. The molecule has 6 nitrogen and oxygen atoms in total. The number of nitrogens with two attached hydrogens (primary N) is 1. The normalized spacial score (nSPS) is 25.1. The van der Waals surface area contributed by atoms with Crippen molar-refractivity contribution in [1.82, 2.24) is 10.2 Å². The summed E-state index contributed by atoms with van der Waals surface area (Å²) in [6.07, 6.45) is 2.23. The number of anilines is 1. The van der Waals surface area contributed by atoms with Gasteiger partial charge in [0.1, 0.15) is 5.54 Å². The summed E-state index contributed by atoms with van der Waals surface area (Å²) in [4.78, 5) is 12.8. The molecular formula is C18H24N4O2. The minimum atomic E-state index is -0.934. The zero-order chi connectivity index (χ0) is 17.4. The van der Waals surface area contributed by atoms with Gasteiger partial charge in [0, 0.05) is 35.9 Å². The van der Waals surface area contributed by atoms with E-state index in [4.69, 9.17) is 10.5 Å². The van der Waals surface area contributed by atoms with Gasteiger partial charge in [-0.1, -0.05) is 26.0 Å². The molecule has 1 fully saturated rings. The van der Waals surface area contributed by atoms with E-state index in [0.717, 1.165) is 11.3 Å². The molecule has 1 aromatic heterocycles. The van der Waals surface area contributed by atoms with Crippen molar-refractivity contribution in [3.8, 4) is 11.3 Å². The zero-order valence-corrected chi connectivity index (χ0v) is 14.3. The van der Waals surface area contributed by atoms with Crippen LogP contribution in [0.5, 0.6) is 0 Å². The van der Waals surface area contributed by atoms with Gasteiger partial charge in [-0.05, 0) is 25.1 Å². The minimum absolute atomic E-state index is 0.00887. The van der Waals surface area contributed by atoms with Crippen LogP contribution in [0.15, 0.2) is 36.5 Å². The number of nitrogens with one attached hydrogen (secondary N) is 2. The lowest BCUT2D eigenvalue weighted by Gasteiger charge is -2.57. The summed E-state index contributed by atoms with van der Waals surface area (Å²) >= 11 is 0. The summed E-state index contributed by atoms with van der Waals surface area (Å²) in [6, 6.07) is 9.49. The molecule has 2 aromatic rings. The Balaban J connectivity index is 1.75. The Bertz CT molecular complexity index is 726. The fraction of sp³-hybridized carbons (Fsp3) is 0.444. The van der Waals surface area contributed by atoms with E-state index in [9.17, 15) is 4.79 Å². The monoisotopic (exact) mass is 328 g/mol. The van der Waals surface area contributed by atoms with Crippen LogP contribution in [0.1, 0.15) is 27.2 Å². The number of carbonyl (C=O) groups is 1. The average molecular weight is 328 g/mol. The van der Waals surface area contributed by atoms with E-state index in [0.29, 0.717) is 18.7 Å². The van der Waals surface area contributed by atoms with Crippen molar-refractivity contribution in [3.05, 3.63) is 36.5 Å². The number of carbonyl (C=O) groups excluding carboxylic acids is 1. The molecule has 1 heterocycles. The molecule has 6 heteroatoms. The topological polar surface area (TPSA) is 93.0 Å². The van der Waals surface area contributed by atoms with E-state index in [-0.39, 0.29) is 12.0 Å². The number of amides is 1. The Hall–Kier alpha value is -2.18. The fourth-order valence-electron chi connectivity index (χ4n) is 3.24. The number of rotatable bonds is 5. The minimum Gasteiger partial charge on any atom is -0.378 e. The molecule has 2 atom stereocenters. The van der Waals surface area contributed by atoms with Crippen LogP contribution >= 0.6 is 0 Å². The molecule has 1 saturated carbocycles. The van der Waals surface area contributed by atoms with E-state index in [1.54, 1.807) is 6.20 Å². The van der Waals surface area contributed by atoms with Gasteiger partial charge in [-0.15, -0.1) is 0 Å². The molecule has 1 aliphatic carbocycles. The van der Waals surface area contributed by atoms with Crippen LogP contribution in [0.3, 0.4) is 0 Å². The lowest BCUT2D eigenvalue weighted by molar-refractivity contribution is -0.166. The first-order valence-corrected chi connectivity index (χ1v) is 8.20. The van der Waals surface area contributed by atoms with Gasteiger partial charge in [0.2, 0.25) is 5.91 Å². The number of aromatic nitrogens is 2. The van der Waals surface area contributed by atoms with E-state index < -0.39 is 11.0 Å². The number of ether oxygens (including phenoxy) is 1. The SMILES string of the molecule is CCOC1CC(N)(C(=O)Nc2cccc(-c3ccn[nH]3)c2)C1(C)C. The van der Waals surface area contributed by atoms with Gasteiger partial charge in [-0.25, -0.2) is 0 Å². The lowest BCUT2D eigenvalue weighted by atomic mass is 9.54. The van der Waals surface area contributed by atoms with Gasteiger partial charge in [-0.3, -0.25) is 9.89 Å². The van der Waals surface area contributed by atoms with Gasteiger partial charge in [0.05, 0.1) is 11.8 Å². The molecule has 3 rings (SSSR count). The number of benzene rings is 1. The van der Waals surface area contributed by atoms with E-state index in [1.807, 2.05) is 51.1 Å².